The number of carbonyl (C=O) groups excluding carboxylic acids is 1. The number of ether oxygens (including phenoxy) is 1. The number of halogens is 1. The predicted octanol–water partition coefficient (Wildman–Crippen LogP) is 6.70. The molecule has 3 heterocycles. The van der Waals surface area contributed by atoms with Crippen molar-refractivity contribution in [2.24, 2.45) is 0 Å². The van der Waals surface area contributed by atoms with Gasteiger partial charge in [0.15, 0.2) is 0 Å². The number of fused-ring (bicyclic) bond motifs is 1. The molecule has 40 heavy (non-hydrogen) atoms. The molecular weight excluding hydrogens is 503 g/mol. The highest BCUT2D eigenvalue weighted by atomic mass is 19.1. The molecule has 2 atom stereocenters. The standard InChI is InChI=1S/C33H33FN4O2/c1-23-21-36(22-35-23)30-15-10-24(18-33(30)40-2)17-26-9-6-16-37-31(26)19-29(39)20-32(25-7-4-3-5-8-25)38(37)28-13-11-27(34)12-14-28/h3-5,7-8,10-15,17-18,21-22,31-32H,6,9,16,19-20H2,1-2H3. The Bertz CT molecular complexity index is 1530. The SMILES string of the molecule is COc1cc(C=C2CCCN3C2CC(=O)CC(c2ccccc2)N3c2ccc(F)cc2)ccc1-n1cnc(C)c1. The highest BCUT2D eigenvalue weighted by Crippen LogP contribution is 2.41. The topological polar surface area (TPSA) is 50.6 Å². The second-order valence-corrected chi connectivity index (χ2v) is 10.5. The molecule has 2 aliphatic rings. The van der Waals surface area contributed by atoms with E-state index in [9.17, 15) is 9.18 Å². The molecule has 204 valence electrons. The van der Waals surface area contributed by atoms with Crippen molar-refractivity contribution in [3.8, 4) is 11.4 Å². The summed E-state index contributed by atoms with van der Waals surface area (Å²) in [7, 11) is 1.68. The second-order valence-electron chi connectivity index (χ2n) is 10.5. The van der Waals surface area contributed by atoms with Crippen molar-refractivity contribution in [1.29, 1.82) is 0 Å². The molecular formula is C33H33FN4O2. The molecule has 0 aliphatic carbocycles. The van der Waals surface area contributed by atoms with Crippen molar-refractivity contribution in [2.45, 2.75) is 44.7 Å². The van der Waals surface area contributed by atoms with Gasteiger partial charge in [0.2, 0.25) is 0 Å². The van der Waals surface area contributed by atoms with Crippen LogP contribution in [0.2, 0.25) is 0 Å². The first-order valence-electron chi connectivity index (χ1n) is 13.8. The summed E-state index contributed by atoms with van der Waals surface area (Å²) >= 11 is 0. The Kier molecular flexibility index (Phi) is 7.22. The summed E-state index contributed by atoms with van der Waals surface area (Å²) < 4.78 is 21.7. The van der Waals surface area contributed by atoms with E-state index in [-0.39, 0.29) is 23.7 Å². The van der Waals surface area contributed by atoms with E-state index in [1.807, 2.05) is 60.2 Å². The Hall–Kier alpha value is -4.23. The number of ketones is 1. The van der Waals surface area contributed by atoms with Crippen molar-refractivity contribution in [3.63, 3.8) is 0 Å². The van der Waals surface area contributed by atoms with E-state index in [2.05, 4.69) is 39.3 Å². The summed E-state index contributed by atoms with van der Waals surface area (Å²) in [6.45, 7) is 2.78. The average Bonchev–Trinajstić information content (AvgIpc) is 3.34. The molecule has 6 rings (SSSR count). The van der Waals surface area contributed by atoms with Gasteiger partial charge in [-0.3, -0.25) is 9.80 Å². The molecule has 0 bridgehead atoms. The first-order valence-corrected chi connectivity index (χ1v) is 13.8. The van der Waals surface area contributed by atoms with Crippen LogP contribution < -0.4 is 9.75 Å². The highest BCUT2D eigenvalue weighted by molar-refractivity contribution is 5.82. The number of Topliss-reactive ketones (excluding diaryl/α,β-unsaturated/α-hetero) is 1. The lowest BCUT2D eigenvalue weighted by Gasteiger charge is -2.46. The van der Waals surface area contributed by atoms with E-state index in [0.29, 0.717) is 12.8 Å². The third-order valence-corrected chi connectivity index (χ3v) is 7.88. The number of benzene rings is 3. The van der Waals surface area contributed by atoms with Crippen LogP contribution in [0.5, 0.6) is 5.75 Å². The Morgan fingerprint density at radius 2 is 1.77 bits per heavy atom. The van der Waals surface area contributed by atoms with Gasteiger partial charge in [0.1, 0.15) is 17.3 Å². The van der Waals surface area contributed by atoms with Crippen molar-refractivity contribution in [2.75, 3.05) is 18.7 Å². The van der Waals surface area contributed by atoms with Gasteiger partial charge in [-0.25, -0.2) is 14.4 Å². The summed E-state index contributed by atoms with van der Waals surface area (Å²) in [6.07, 6.45) is 8.67. The number of methoxy groups -OCH3 is 1. The van der Waals surface area contributed by atoms with Gasteiger partial charge in [-0.15, -0.1) is 0 Å². The number of hydrogen-bond acceptors (Lipinski definition) is 5. The first kappa shape index (κ1) is 26.0. The van der Waals surface area contributed by atoms with E-state index in [0.717, 1.165) is 53.3 Å². The monoisotopic (exact) mass is 536 g/mol. The Balaban J connectivity index is 1.40. The molecule has 2 unspecified atom stereocenters. The normalized spacial score (nSPS) is 20.8. The smallest absolute Gasteiger partial charge is 0.143 e. The van der Waals surface area contributed by atoms with Crippen molar-refractivity contribution in [1.82, 2.24) is 14.6 Å². The number of rotatable bonds is 5. The van der Waals surface area contributed by atoms with E-state index >= 15 is 0 Å². The predicted molar refractivity (Wildman–Crippen MR) is 155 cm³/mol. The minimum Gasteiger partial charge on any atom is -0.495 e. The number of hydrazine groups is 1. The van der Waals surface area contributed by atoms with Crippen molar-refractivity contribution < 1.29 is 13.9 Å². The quantitative estimate of drug-likeness (QED) is 0.284. The number of hydrogen-bond donors (Lipinski definition) is 0. The third-order valence-electron chi connectivity index (χ3n) is 7.88. The summed E-state index contributed by atoms with van der Waals surface area (Å²) in [5.41, 5.74) is 6.07. The van der Waals surface area contributed by atoms with Gasteiger partial charge in [-0.2, -0.15) is 0 Å². The van der Waals surface area contributed by atoms with Gasteiger partial charge in [0, 0.05) is 25.6 Å². The molecule has 1 aromatic heterocycles. The lowest BCUT2D eigenvalue weighted by atomic mass is 9.90. The zero-order chi connectivity index (χ0) is 27.6. The molecule has 0 N–H and O–H groups in total. The number of imidazole rings is 1. The molecule has 0 radical (unpaired) electrons. The second kappa shape index (κ2) is 11.1. The van der Waals surface area contributed by atoms with Crippen LogP contribution in [0.4, 0.5) is 10.1 Å². The average molecular weight is 537 g/mol. The molecule has 7 heteroatoms. The number of piperidine rings is 1. The van der Waals surface area contributed by atoms with Gasteiger partial charge < -0.3 is 9.30 Å². The van der Waals surface area contributed by atoms with Crippen LogP contribution in [0.25, 0.3) is 11.8 Å². The maximum Gasteiger partial charge on any atom is 0.143 e. The summed E-state index contributed by atoms with van der Waals surface area (Å²) in [5.74, 6) is 0.711. The molecule has 0 amide bonds. The number of nitrogens with zero attached hydrogens (tertiary/aromatic N) is 4. The molecule has 6 nitrogen and oxygen atoms in total. The number of aryl methyl sites for hydroxylation is 1. The van der Waals surface area contributed by atoms with Gasteiger partial charge in [-0.05, 0) is 67.3 Å². The summed E-state index contributed by atoms with van der Waals surface area (Å²) in [5, 5.41) is 4.58. The fourth-order valence-electron chi connectivity index (χ4n) is 6.02. The van der Waals surface area contributed by atoms with Crippen LogP contribution >= 0.6 is 0 Å². The largest absolute Gasteiger partial charge is 0.495 e. The van der Waals surface area contributed by atoms with Crippen LogP contribution in [0, 0.1) is 12.7 Å². The maximum absolute atomic E-state index is 13.9. The van der Waals surface area contributed by atoms with Crippen LogP contribution in [-0.4, -0.2) is 40.0 Å². The molecule has 2 aliphatic heterocycles. The zero-order valence-electron chi connectivity index (χ0n) is 22.8. The minimum absolute atomic E-state index is 0.0815. The van der Waals surface area contributed by atoms with Crippen LogP contribution in [-0.2, 0) is 4.79 Å². The van der Waals surface area contributed by atoms with E-state index in [4.69, 9.17) is 4.74 Å². The lowest BCUT2D eigenvalue weighted by Crippen LogP contribution is -2.52. The summed E-state index contributed by atoms with van der Waals surface area (Å²) in [4.78, 5) is 17.8. The van der Waals surface area contributed by atoms with Crippen molar-refractivity contribution >= 4 is 17.5 Å². The summed E-state index contributed by atoms with van der Waals surface area (Å²) in [6, 6.07) is 22.7. The lowest BCUT2D eigenvalue weighted by molar-refractivity contribution is -0.119. The molecule has 4 aromatic rings. The molecule has 2 saturated heterocycles. The Morgan fingerprint density at radius 1 is 1.00 bits per heavy atom. The number of anilines is 1. The molecule has 0 saturated carbocycles. The molecule has 3 aromatic carbocycles. The first-order chi connectivity index (χ1) is 19.5. The third kappa shape index (κ3) is 5.17. The van der Waals surface area contributed by atoms with Gasteiger partial charge >= 0.3 is 0 Å². The van der Waals surface area contributed by atoms with Gasteiger partial charge in [-0.1, -0.05) is 48.0 Å². The minimum atomic E-state index is -0.273. The fourth-order valence-corrected chi connectivity index (χ4v) is 6.02. The van der Waals surface area contributed by atoms with Gasteiger partial charge in [0.25, 0.3) is 0 Å². The van der Waals surface area contributed by atoms with E-state index in [1.165, 1.54) is 17.7 Å². The van der Waals surface area contributed by atoms with Gasteiger partial charge in [0.05, 0.1) is 42.6 Å². The van der Waals surface area contributed by atoms with Crippen LogP contribution in [0.15, 0.2) is 90.9 Å². The highest BCUT2D eigenvalue weighted by Gasteiger charge is 2.40. The van der Waals surface area contributed by atoms with E-state index in [1.54, 1.807) is 13.4 Å². The number of carbonyl (C=O) groups is 1. The van der Waals surface area contributed by atoms with Crippen molar-refractivity contribution in [3.05, 3.63) is 114 Å². The Labute approximate surface area is 234 Å². The van der Waals surface area contributed by atoms with Crippen LogP contribution in [0.3, 0.4) is 0 Å². The molecule has 0 spiro atoms. The fraction of sp³-hybridized carbons (Fsp3) is 0.273. The number of aromatic nitrogens is 2. The molecule has 2 fully saturated rings. The Morgan fingerprint density at radius 3 is 2.50 bits per heavy atom. The van der Waals surface area contributed by atoms with Crippen LogP contribution in [0.1, 0.15) is 48.5 Å². The van der Waals surface area contributed by atoms with E-state index < -0.39 is 0 Å². The maximum atomic E-state index is 13.9. The zero-order valence-corrected chi connectivity index (χ0v) is 22.8.